The first-order valence-corrected chi connectivity index (χ1v) is 28.7. The summed E-state index contributed by atoms with van der Waals surface area (Å²) in [4.78, 5) is 2.35. The maximum atomic E-state index is 5.47. The van der Waals surface area contributed by atoms with Crippen LogP contribution < -0.4 is 15.5 Å². The molecule has 2 aliphatic rings. The van der Waals surface area contributed by atoms with Crippen molar-refractivity contribution in [3.63, 3.8) is 0 Å². The number of hydrogen-bond donors (Lipinski definition) is 0. The van der Waals surface area contributed by atoms with Crippen molar-refractivity contribution >= 4 is 62.0 Å². The minimum Gasteiger partial charge on any atom is -0.311 e. The van der Waals surface area contributed by atoms with Gasteiger partial charge in [0.2, 0.25) is 0 Å². The Labute approximate surface area is 454 Å². The summed E-state index contributed by atoms with van der Waals surface area (Å²) >= 11 is 0. The fraction of sp³-hybridized carbons (Fsp3) is 0.0676. The van der Waals surface area contributed by atoms with Crippen LogP contribution in [-0.2, 0) is 6.42 Å². The van der Waals surface area contributed by atoms with Crippen molar-refractivity contribution in [2.24, 2.45) is 0 Å². The number of allylic oxidation sites excluding steroid dienone is 10. The molecule has 0 saturated carbocycles. The van der Waals surface area contributed by atoms with Crippen LogP contribution in [0.1, 0.15) is 36.0 Å². The van der Waals surface area contributed by atoms with Gasteiger partial charge in [-0.3, -0.25) is 0 Å². The first-order chi connectivity index (χ1) is 38.0. The number of hydrogen-bond acceptors (Lipinski definition) is 1. The molecule has 0 radical (unpaired) electrons. The van der Waals surface area contributed by atoms with Crippen LogP contribution in [0.25, 0.3) is 66.4 Å². The smallest absolute Gasteiger partial charge is 0.0541 e. The van der Waals surface area contributed by atoms with Gasteiger partial charge in [0, 0.05) is 33.5 Å². The molecule has 9 aromatic carbocycles. The molecule has 0 bridgehead atoms. The number of aromatic nitrogens is 1. The summed E-state index contributed by atoms with van der Waals surface area (Å²) in [7, 11) is 0. The lowest BCUT2D eigenvalue weighted by atomic mass is 9.97. The van der Waals surface area contributed by atoms with E-state index in [2.05, 4.69) is 295 Å². The number of rotatable bonds is 14. The van der Waals surface area contributed by atoms with E-state index < -0.39 is 6.89 Å². The van der Waals surface area contributed by atoms with E-state index in [-0.39, 0.29) is 0 Å². The molecule has 370 valence electrons. The minimum atomic E-state index is -1.85. The van der Waals surface area contributed by atoms with E-state index in [4.69, 9.17) is 6.42 Å². The summed E-state index contributed by atoms with van der Waals surface area (Å²) < 4.78 is 2.47. The molecule has 77 heavy (non-hydrogen) atoms. The summed E-state index contributed by atoms with van der Waals surface area (Å²) in [6.07, 6.45) is 29.0. The van der Waals surface area contributed by atoms with Crippen LogP contribution in [0.15, 0.2) is 285 Å². The third kappa shape index (κ3) is 9.99. The van der Waals surface area contributed by atoms with Gasteiger partial charge in [0.05, 0.1) is 11.0 Å². The van der Waals surface area contributed by atoms with Crippen LogP contribution in [-0.4, -0.2) is 10.4 Å². The monoisotopic (exact) mass is 1010 g/mol. The van der Waals surface area contributed by atoms with Crippen molar-refractivity contribution in [1.82, 2.24) is 4.57 Å². The van der Waals surface area contributed by atoms with E-state index in [1.54, 1.807) is 6.08 Å². The molecule has 0 fully saturated rings. The summed E-state index contributed by atoms with van der Waals surface area (Å²) in [6.45, 7) is 0.333. The van der Waals surface area contributed by atoms with Crippen molar-refractivity contribution in [2.45, 2.75) is 32.6 Å². The number of terminal acetylenes is 1. The van der Waals surface area contributed by atoms with Crippen molar-refractivity contribution < 1.29 is 0 Å². The zero-order valence-corrected chi connectivity index (χ0v) is 44.3. The molecule has 2 heterocycles. The highest BCUT2D eigenvalue weighted by molar-refractivity contribution is 7.91. The Morgan fingerprint density at radius 2 is 1.08 bits per heavy atom. The van der Waals surface area contributed by atoms with Crippen molar-refractivity contribution in [3.8, 4) is 51.4 Å². The second-order valence-corrected chi connectivity index (χ2v) is 23.1. The first kappa shape index (κ1) is 48.8. The maximum absolute atomic E-state index is 5.47. The van der Waals surface area contributed by atoms with Gasteiger partial charge in [-0.15, -0.1) is 6.42 Å². The second-order valence-electron chi connectivity index (χ2n) is 19.9. The third-order valence-corrected chi connectivity index (χ3v) is 18.6. The first-order valence-electron chi connectivity index (χ1n) is 26.8. The average Bonchev–Trinajstić information content (AvgIpc) is 3.93. The molecule has 1 aliphatic carbocycles. The molecule has 12 rings (SSSR count). The quantitative estimate of drug-likeness (QED) is 0.0599. The fourth-order valence-electron chi connectivity index (χ4n) is 11.1. The molecule has 0 N–H and O–H groups in total. The number of anilines is 2. The maximum Gasteiger partial charge on any atom is 0.0541 e. The Balaban J connectivity index is 0.894. The Bertz CT molecular complexity index is 4020. The highest BCUT2D eigenvalue weighted by atomic mass is 31.2. The Morgan fingerprint density at radius 3 is 1.64 bits per heavy atom. The van der Waals surface area contributed by atoms with Gasteiger partial charge in [0.1, 0.15) is 0 Å². The van der Waals surface area contributed by atoms with Crippen LogP contribution in [0.3, 0.4) is 0 Å². The van der Waals surface area contributed by atoms with Crippen LogP contribution in [0.2, 0.25) is 0 Å². The van der Waals surface area contributed by atoms with Crippen LogP contribution in [0.5, 0.6) is 0 Å². The molecular formula is C74H59N2P. The lowest BCUT2D eigenvalue weighted by Crippen LogP contribution is -2.17. The van der Waals surface area contributed by atoms with Gasteiger partial charge < -0.3 is 9.47 Å². The van der Waals surface area contributed by atoms with E-state index in [1.807, 2.05) is 6.08 Å². The molecule has 0 spiro atoms. The predicted molar refractivity (Wildman–Crippen MR) is 335 cm³/mol. The number of para-hydroxylation sites is 1. The van der Waals surface area contributed by atoms with Gasteiger partial charge in [-0.1, -0.05) is 229 Å². The van der Waals surface area contributed by atoms with Gasteiger partial charge in [-0.2, -0.15) is 0 Å². The van der Waals surface area contributed by atoms with E-state index in [9.17, 15) is 0 Å². The zero-order chi connectivity index (χ0) is 52.0. The molecule has 3 heteroatoms. The third-order valence-electron chi connectivity index (χ3n) is 15.1. The number of fused-ring (bicyclic) bond motifs is 3. The molecule has 1 aliphatic heterocycles. The summed E-state index contributed by atoms with van der Waals surface area (Å²) in [5.41, 5.74) is 19.1. The average molecular weight is 1010 g/mol. The number of aryl methyl sites for hydroxylation is 1. The van der Waals surface area contributed by atoms with Gasteiger partial charge in [0.25, 0.3) is 0 Å². The molecule has 0 amide bonds. The van der Waals surface area contributed by atoms with Crippen LogP contribution in [0.4, 0.5) is 11.4 Å². The summed E-state index contributed by atoms with van der Waals surface area (Å²) in [5, 5.41) is 5.18. The Hall–Kier alpha value is -9.12. The standard InChI is InChI=1S/C74H59N2P/c1-3-4-5-6-7-12-21-64-52-55(2)30-45-72(64)76-73-46-41-62(59-35-31-56(32-36-59)58-39-43-67(44-40-58)75(65-22-13-8-14-23-65)66-24-15-9-16-25-66)53-70(73)71-54-63(42-47-74(71)76)60-37-33-57(34-38-60)61-48-50-77(51-49-61,68-26-17-10-18-27-68)69-28-19-11-20-29-69/h1,4-5,7-8,10-15,17-20,22-54H,6,9,16,21H2,2H3/b5-4-,12-7-. The highest BCUT2D eigenvalue weighted by Gasteiger charge is 2.22. The fourth-order valence-corrected chi connectivity index (χ4v) is 14.3. The van der Waals surface area contributed by atoms with Gasteiger partial charge in [-0.05, 0) is 167 Å². The lowest BCUT2D eigenvalue weighted by Gasteiger charge is -2.27. The molecular weight excluding hydrogens is 948 g/mol. The number of nitrogens with zero attached hydrogens (tertiary/aromatic N) is 2. The highest BCUT2D eigenvalue weighted by Crippen LogP contribution is 2.49. The van der Waals surface area contributed by atoms with Gasteiger partial charge >= 0.3 is 0 Å². The molecule has 1 aromatic heterocycles. The van der Waals surface area contributed by atoms with E-state index in [0.717, 1.165) is 37.1 Å². The lowest BCUT2D eigenvalue weighted by molar-refractivity contribution is 0.997. The van der Waals surface area contributed by atoms with Crippen molar-refractivity contribution in [3.05, 3.63) is 301 Å². The summed E-state index contributed by atoms with van der Waals surface area (Å²) in [5.74, 6) is 7.54. The van der Waals surface area contributed by atoms with Gasteiger partial charge in [-0.25, -0.2) is 0 Å². The van der Waals surface area contributed by atoms with E-state index in [0.29, 0.717) is 0 Å². The van der Waals surface area contributed by atoms with Gasteiger partial charge in [0.15, 0.2) is 0 Å². The topological polar surface area (TPSA) is 8.17 Å². The largest absolute Gasteiger partial charge is 0.311 e. The second kappa shape index (κ2) is 22.0. The number of benzene rings is 9. The minimum absolute atomic E-state index is 0.807. The van der Waals surface area contributed by atoms with Crippen molar-refractivity contribution in [1.29, 1.82) is 0 Å². The molecule has 0 atom stereocenters. The molecule has 10 aromatic rings. The Kier molecular flexibility index (Phi) is 13.9. The SMILES string of the molecule is C#C/C=C\C/C=C\Cc1cc(C)ccc1-n1c2ccc(-c3ccc(C4=CC=P(c5ccccc5)(c5ccccc5)C=C4)cc3)cc2c2cc(-c3ccc(-c4ccc(N(C5=CCCC=C5)c5ccccc5)cc4)cc3)ccc21. The Morgan fingerprint density at radius 1 is 0.532 bits per heavy atom. The zero-order valence-electron chi connectivity index (χ0n) is 43.4. The predicted octanol–water partition coefficient (Wildman–Crippen LogP) is 18.5. The molecule has 0 unspecified atom stereocenters. The molecule has 0 saturated heterocycles. The molecule has 2 nitrogen and oxygen atoms in total. The van der Waals surface area contributed by atoms with Crippen LogP contribution in [0, 0.1) is 19.3 Å². The van der Waals surface area contributed by atoms with E-state index in [1.165, 1.54) is 99.4 Å². The van der Waals surface area contributed by atoms with Crippen molar-refractivity contribution in [2.75, 3.05) is 4.90 Å². The normalized spacial score (nSPS) is 13.9. The summed E-state index contributed by atoms with van der Waals surface area (Å²) in [6, 6.07) is 80.6. The van der Waals surface area contributed by atoms with E-state index >= 15 is 0 Å². The van der Waals surface area contributed by atoms with Crippen LogP contribution >= 0.6 is 6.89 Å².